The Kier molecular flexibility index (Phi) is 5.51. The molecular formula is C22H30N4O2. The van der Waals surface area contributed by atoms with E-state index in [0.717, 1.165) is 38.2 Å². The molecule has 1 atom stereocenters. The van der Waals surface area contributed by atoms with E-state index < -0.39 is 6.10 Å². The molecule has 0 fully saturated rings. The maximum Gasteiger partial charge on any atom is 0.225 e. The standard InChI is InChI=1S/C22H30N4O2/c1-24(2)22(28)14-21(27)20-13-19-15-25(11-12-26(19)23-20)18-9-7-16-5-3-4-6-17(16)8-10-18/h3-6,13,18,21,27H,7-12,14-15H2,1-2H3/t21-/m1/s1. The van der Waals surface area contributed by atoms with Crippen LogP contribution in [0.1, 0.15) is 47.9 Å². The zero-order valence-corrected chi connectivity index (χ0v) is 16.8. The van der Waals surface area contributed by atoms with Crippen molar-refractivity contribution in [3.05, 3.63) is 52.8 Å². The first-order chi connectivity index (χ1) is 13.5. The number of fused-ring (bicyclic) bond motifs is 2. The second kappa shape index (κ2) is 8.05. The van der Waals surface area contributed by atoms with E-state index in [-0.39, 0.29) is 12.3 Å². The molecule has 0 saturated carbocycles. The van der Waals surface area contributed by atoms with Gasteiger partial charge in [0.05, 0.1) is 24.4 Å². The van der Waals surface area contributed by atoms with Crippen molar-refractivity contribution in [2.75, 3.05) is 20.6 Å². The predicted molar refractivity (Wildman–Crippen MR) is 108 cm³/mol. The Hall–Kier alpha value is -2.18. The molecule has 6 nitrogen and oxygen atoms in total. The molecule has 0 radical (unpaired) electrons. The molecule has 1 N–H and O–H groups in total. The van der Waals surface area contributed by atoms with E-state index in [1.54, 1.807) is 14.1 Å². The van der Waals surface area contributed by atoms with Crippen LogP contribution in [0.4, 0.5) is 0 Å². The van der Waals surface area contributed by atoms with Crippen LogP contribution in [0.2, 0.25) is 0 Å². The molecule has 2 aromatic rings. The number of nitrogens with zero attached hydrogens (tertiary/aromatic N) is 4. The Balaban J connectivity index is 1.41. The highest BCUT2D eigenvalue weighted by molar-refractivity contribution is 5.76. The van der Waals surface area contributed by atoms with Gasteiger partial charge in [-0.1, -0.05) is 24.3 Å². The van der Waals surface area contributed by atoms with E-state index in [2.05, 4.69) is 34.3 Å². The summed E-state index contributed by atoms with van der Waals surface area (Å²) in [6, 6.07) is 11.4. The van der Waals surface area contributed by atoms with Crippen LogP contribution in [0.25, 0.3) is 0 Å². The van der Waals surface area contributed by atoms with Crippen molar-refractivity contribution in [2.45, 2.75) is 57.3 Å². The number of benzene rings is 1. The molecular weight excluding hydrogens is 352 g/mol. The maximum atomic E-state index is 11.9. The molecule has 6 heteroatoms. The summed E-state index contributed by atoms with van der Waals surface area (Å²) in [7, 11) is 3.41. The first kappa shape index (κ1) is 19.2. The summed E-state index contributed by atoms with van der Waals surface area (Å²) in [6.45, 7) is 2.69. The average molecular weight is 383 g/mol. The summed E-state index contributed by atoms with van der Waals surface area (Å²) in [4.78, 5) is 16.0. The van der Waals surface area contributed by atoms with E-state index >= 15 is 0 Å². The van der Waals surface area contributed by atoms with Crippen molar-refractivity contribution in [1.29, 1.82) is 0 Å². The summed E-state index contributed by atoms with van der Waals surface area (Å²) >= 11 is 0. The van der Waals surface area contributed by atoms with Gasteiger partial charge in [-0.3, -0.25) is 14.4 Å². The first-order valence-corrected chi connectivity index (χ1v) is 10.3. The third-order valence-corrected chi connectivity index (χ3v) is 6.18. The lowest BCUT2D eigenvalue weighted by Gasteiger charge is -2.34. The van der Waals surface area contributed by atoms with Crippen LogP contribution in [0, 0.1) is 0 Å². The number of aromatic nitrogens is 2. The summed E-state index contributed by atoms with van der Waals surface area (Å²) in [5.41, 5.74) is 4.76. The highest BCUT2D eigenvalue weighted by Crippen LogP contribution is 2.27. The van der Waals surface area contributed by atoms with Crippen LogP contribution in [-0.2, 0) is 30.7 Å². The van der Waals surface area contributed by atoms with E-state index in [4.69, 9.17) is 0 Å². The molecule has 1 aromatic heterocycles. The van der Waals surface area contributed by atoms with Gasteiger partial charge in [-0.25, -0.2) is 0 Å². The topological polar surface area (TPSA) is 61.6 Å². The summed E-state index contributed by atoms with van der Waals surface area (Å²) in [5.74, 6) is -0.0851. The molecule has 0 bridgehead atoms. The Bertz CT molecular complexity index is 818. The Morgan fingerprint density at radius 3 is 2.54 bits per heavy atom. The van der Waals surface area contributed by atoms with Crippen molar-refractivity contribution in [2.24, 2.45) is 0 Å². The SMILES string of the molecule is CN(C)C(=O)C[C@@H](O)c1cc2n(n1)CCN(C1CCc3ccccc3CC1)C2. The lowest BCUT2D eigenvalue weighted by molar-refractivity contribution is -0.130. The quantitative estimate of drug-likeness (QED) is 0.823. The molecule has 0 unspecified atom stereocenters. The van der Waals surface area contributed by atoms with Crippen LogP contribution >= 0.6 is 0 Å². The zero-order valence-electron chi connectivity index (χ0n) is 16.8. The van der Waals surface area contributed by atoms with Gasteiger partial charge < -0.3 is 10.0 Å². The number of carbonyl (C=O) groups excluding carboxylic acids is 1. The third kappa shape index (κ3) is 3.98. The van der Waals surface area contributed by atoms with Gasteiger partial charge in [0.2, 0.25) is 5.91 Å². The van der Waals surface area contributed by atoms with E-state index in [0.29, 0.717) is 11.7 Å². The molecule has 28 heavy (non-hydrogen) atoms. The minimum Gasteiger partial charge on any atom is -0.386 e. The molecule has 150 valence electrons. The van der Waals surface area contributed by atoms with Gasteiger partial charge >= 0.3 is 0 Å². The smallest absolute Gasteiger partial charge is 0.225 e. The van der Waals surface area contributed by atoms with Gasteiger partial charge in [0, 0.05) is 33.2 Å². The number of aliphatic hydroxyl groups excluding tert-OH is 1. The Morgan fingerprint density at radius 1 is 1.21 bits per heavy atom. The van der Waals surface area contributed by atoms with Crippen molar-refractivity contribution in [3.8, 4) is 0 Å². The second-order valence-corrected chi connectivity index (χ2v) is 8.26. The van der Waals surface area contributed by atoms with E-state index in [1.807, 2.05) is 10.7 Å². The highest BCUT2D eigenvalue weighted by atomic mass is 16.3. The number of aliphatic hydroxyl groups is 1. The summed E-state index contributed by atoms with van der Waals surface area (Å²) in [5, 5.41) is 15.0. The molecule has 1 amide bonds. The van der Waals surface area contributed by atoms with Crippen molar-refractivity contribution in [3.63, 3.8) is 0 Å². The normalized spacial score (nSPS) is 18.8. The molecule has 1 aromatic carbocycles. The maximum absolute atomic E-state index is 11.9. The lowest BCUT2D eigenvalue weighted by Crippen LogP contribution is -2.41. The first-order valence-electron chi connectivity index (χ1n) is 10.3. The van der Waals surface area contributed by atoms with Crippen LogP contribution < -0.4 is 0 Å². The number of amides is 1. The monoisotopic (exact) mass is 382 g/mol. The van der Waals surface area contributed by atoms with Gasteiger partial charge in [-0.05, 0) is 42.9 Å². The summed E-state index contributed by atoms with van der Waals surface area (Å²) < 4.78 is 2.00. The fraction of sp³-hybridized carbons (Fsp3) is 0.545. The Labute approximate surface area is 166 Å². The van der Waals surface area contributed by atoms with Gasteiger partial charge in [0.1, 0.15) is 6.10 Å². The molecule has 2 heterocycles. The van der Waals surface area contributed by atoms with Gasteiger partial charge in [0.25, 0.3) is 0 Å². The second-order valence-electron chi connectivity index (χ2n) is 8.26. The molecule has 2 aliphatic rings. The molecule has 1 aliphatic heterocycles. The largest absolute Gasteiger partial charge is 0.386 e. The number of rotatable bonds is 4. The molecule has 4 rings (SSSR count). The minimum atomic E-state index is -0.839. The molecule has 0 saturated heterocycles. The summed E-state index contributed by atoms with van der Waals surface area (Å²) in [6.07, 6.45) is 3.92. The average Bonchev–Trinajstić information content (AvgIpc) is 3.00. The van der Waals surface area contributed by atoms with Gasteiger partial charge in [-0.2, -0.15) is 5.10 Å². The van der Waals surface area contributed by atoms with E-state index in [1.165, 1.54) is 28.9 Å². The van der Waals surface area contributed by atoms with E-state index in [9.17, 15) is 9.90 Å². The van der Waals surface area contributed by atoms with Crippen LogP contribution in [0.5, 0.6) is 0 Å². The predicted octanol–water partition coefficient (Wildman–Crippen LogP) is 2.16. The third-order valence-electron chi connectivity index (χ3n) is 6.18. The van der Waals surface area contributed by atoms with Gasteiger partial charge in [0.15, 0.2) is 0 Å². The fourth-order valence-corrected chi connectivity index (χ4v) is 4.43. The number of hydrogen-bond donors (Lipinski definition) is 1. The van der Waals surface area contributed by atoms with Crippen LogP contribution in [0.15, 0.2) is 30.3 Å². The molecule has 1 aliphatic carbocycles. The lowest BCUT2D eigenvalue weighted by atomic mass is 10.0. The number of hydrogen-bond acceptors (Lipinski definition) is 4. The van der Waals surface area contributed by atoms with Crippen molar-refractivity contribution < 1.29 is 9.90 Å². The molecule has 0 spiro atoms. The highest BCUT2D eigenvalue weighted by Gasteiger charge is 2.28. The number of carbonyl (C=O) groups is 1. The van der Waals surface area contributed by atoms with Crippen LogP contribution in [-0.4, -0.2) is 57.3 Å². The fourth-order valence-electron chi connectivity index (χ4n) is 4.43. The minimum absolute atomic E-state index is 0.0774. The number of aryl methyl sites for hydroxylation is 2. The van der Waals surface area contributed by atoms with Crippen molar-refractivity contribution >= 4 is 5.91 Å². The Morgan fingerprint density at radius 2 is 1.89 bits per heavy atom. The van der Waals surface area contributed by atoms with Crippen LogP contribution in [0.3, 0.4) is 0 Å². The van der Waals surface area contributed by atoms with Crippen molar-refractivity contribution in [1.82, 2.24) is 19.6 Å². The van der Waals surface area contributed by atoms with Gasteiger partial charge in [-0.15, -0.1) is 0 Å². The zero-order chi connectivity index (χ0) is 19.7.